The summed E-state index contributed by atoms with van der Waals surface area (Å²) < 4.78 is 2.48. The van der Waals surface area contributed by atoms with Gasteiger partial charge >= 0.3 is 0 Å². The third-order valence-electron chi connectivity index (χ3n) is 23.4. The molecule has 15 aromatic rings. The van der Waals surface area contributed by atoms with Crippen LogP contribution in [0, 0.1) is 17.9 Å². The topological polar surface area (TPSA) is 39.6 Å². The smallest absolute Gasteiger partial charge is 0.252 e. The number of hydrogen-bond acceptors (Lipinski definition) is 3. The van der Waals surface area contributed by atoms with Crippen molar-refractivity contribution in [2.45, 2.75) is 131 Å². The van der Waals surface area contributed by atoms with Crippen LogP contribution in [0.5, 0.6) is 0 Å². The lowest BCUT2D eigenvalue weighted by Gasteiger charge is -2.46. The van der Waals surface area contributed by atoms with Crippen molar-refractivity contribution < 1.29 is 0 Å². The molecule has 3 heterocycles. The molecule has 1 aromatic heterocycles. The van der Waals surface area contributed by atoms with E-state index in [2.05, 4.69) is 396 Å². The molecule has 112 heavy (non-hydrogen) atoms. The maximum Gasteiger partial charge on any atom is 0.252 e. The SMILES string of the molecule is [C-]#[N+]c1cccc(-c2cc(-c3ccc(C(C)(C)C)cc3)c(N3c4cc(-n5c6ccccc6c6ccccc65)ccc4B4c5ccc(-c6ccccc6)cc5N(c5c(-c6ccc(C(C)(C)C)cc6)cc(-c6cccc(C#N)c6)cc5-c5ccc(C(C)(C)C)cc5)c5cc(C(C)(C)C)cc3c54)c(-c3ccc(C(C)(C)C)cc3)c2)c1. The minimum absolute atomic E-state index is 0.107. The van der Waals surface area contributed by atoms with Crippen molar-refractivity contribution in [1.82, 2.24) is 4.57 Å². The lowest BCUT2D eigenvalue weighted by molar-refractivity contribution is 0.590. The van der Waals surface area contributed by atoms with Gasteiger partial charge in [0.1, 0.15) is 0 Å². The Hall–Kier alpha value is -12.5. The van der Waals surface area contributed by atoms with E-state index >= 15 is 0 Å². The molecule has 0 radical (unpaired) electrons. The maximum absolute atomic E-state index is 10.6. The number of anilines is 6. The second-order valence-electron chi connectivity index (χ2n) is 36.0. The fraction of sp³-hybridized carbons (Fsp3) is 0.189. The van der Waals surface area contributed by atoms with Gasteiger partial charge in [0, 0.05) is 61.5 Å². The highest BCUT2D eigenvalue weighted by atomic mass is 15.2. The van der Waals surface area contributed by atoms with Crippen molar-refractivity contribution in [2.24, 2.45) is 0 Å². The minimum Gasteiger partial charge on any atom is -0.310 e. The van der Waals surface area contributed by atoms with Gasteiger partial charge in [-0.15, -0.1) is 0 Å². The molecule has 0 fully saturated rings. The lowest BCUT2D eigenvalue weighted by atomic mass is 9.33. The molecule has 546 valence electrons. The van der Waals surface area contributed by atoms with Gasteiger partial charge < -0.3 is 14.4 Å². The van der Waals surface area contributed by atoms with Crippen LogP contribution in [0.4, 0.5) is 39.8 Å². The summed E-state index contributed by atoms with van der Waals surface area (Å²) in [4.78, 5) is 9.41. The number of nitriles is 1. The van der Waals surface area contributed by atoms with E-state index in [4.69, 9.17) is 6.57 Å². The third kappa shape index (κ3) is 12.9. The first-order chi connectivity index (χ1) is 53.6. The van der Waals surface area contributed by atoms with E-state index in [0.29, 0.717) is 11.3 Å². The van der Waals surface area contributed by atoms with Crippen molar-refractivity contribution in [3.05, 3.63) is 342 Å². The van der Waals surface area contributed by atoms with Crippen LogP contribution >= 0.6 is 0 Å². The highest BCUT2D eigenvalue weighted by Gasteiger charge is 2.47. The summed E-state index contributed by atoms with van der Waals surface area (Å²) in [5, 5.41) is 13.0. The van der Waals surface area contributed by atoms with Crippen LogP contribution < -0.4 is 26.2 Å². The Morgan fingerprint density at radius 1 is 0.304 bits per heavy atom. The molecule has 2 aliphatic rings. The van der Waals surface area contributed by atoms with E-state index in [0.717, 1.165) is 129 Å². The Labute approximate surface area is 662 Å². The molecule has 0 unspecified atom stereocenters. The monoisotopic (exact) mass is 1450 g/mol. The van der Waals surface area contributed by atoms with Crippen molar-refractivity contribution in [1.29, 1.82) is 5.26 Å². The summed E-state index contributed by atoms with van der Waals surface area (Å²) in [6.45, 7) is 42.7. The van der Waals surface area contributed by atoms with Crippen LogP contribution in [0.3, 0.4) is 0 Å². The van der Waals surface area contributed by atoms with Crippen LogP contribution in [0.25, 0.3) is 110 Å². The first-order valence-corrected chi connectivity index (χ1v) is 39.5. The van der Waals surface area contributed by atoms with E-state index in [-0.39, 0.29) is 28.4 Å². The normalized spacial score (nSPS) is 12.9. The van der Waals surface area contributed by atoms with E-state index < -0.39 is 5.41 Å². The Balaban J connectivity index is 1.07. The number of nitrogens with zero attached hydrogens (tertiary/aromatic N) is 5. The first kappa shape index (κ1) is 72.4. The van der Waals surface area contributed by atoms with Crippen LogP contribution in [-0.4, -0.2) is 11.3 Å². The lowest BCUT2D eigenvalue weighted by Crippen LogP contribution is -2.61. The zero-order valence-corrected chi connectivity index (χ0v) is 67.1. The highest BCUT2D eigenvalue weighted by molar-refractivity contribution is 7.00. The molecule has 5 nitrogen and oxygen atoms in total. The van der Waals surface area contributed by atoms with Crippen molar-refractivity contribution in [3.8, 4) is 89.6 Å². The van der Waals surface area contributed by atoms with Crippen molar-refractivity contribution >= 4 is 84.7 Å². The molecule has 0 spiro atoms. The van der Waals surface area contributed by atoms with E-state index in [1.807, 2.05) is 30.3 Å². The van der Waals surface area contributed by atoms with Gasteiger partial charge in [-0.3, -0.25) is 0 Å². The van der Waals surface area contributed by atoms with E-state index in [9.17, 15) is 5.26 Å². The Bertz CT molecular complexity index is 6110. The Kier molecular flexibility index (Phi) is 17.6. The van der Waals surface area contributed by atoms with Gasteiger partial charge in [0.2, 0.25) is 0 Å². The number of benzene rings is 14. The quantitative estimate of drug-likeness (QED) is 0.101. The average molecular weight is 1450 g/mol. The Morgan fingerprint density at radius 3 is 1.09 bits per heavy atom. The summed E-state index contributed by atoms with van der Waals surface area (Å²) in [5.74, 6) is 0. The summed E-state index contributed by atoms with van der Waals surface area (Å²) in [6.07, 6.45) is 0. The second kappa shape index (κ2) is 27.2. The van der Waals surface area contributed by atoms with Crippen LogP contribution in [0.15, 0.2) is 297 Å². The zero-order chi connectivity index (χ0) is 78.1. The molecule has 0 saturated carbocycles. The number of rotatable bonds is 10. The van der Waals surface area contributed by atoms with E-state index in [1.54, 1.807) is 0 Å². The summed E-state index contributed by atoms with van der Waals surface area (Å²) in [6, 6.07) is 114. The molecule has 0 saturated heterocycles. The predicted molar refractivity (Wildman–Crippen MR) is 477 cm³/mol. The predicted octanol–water partition coefficient (Wildman–Crippen LogP) is 27.4. The number of para-hydroxylation sites is 2. The van der Waals surface area contributed by atoms with Gasteiger partial charge in [-0.25, -0.2) is 4.85 Å². The summed E-state index contributed by atoms with van der Waals surface area (Å²) >= 11 is 0. The Morgan fingerprint density at radius 2 is 0.670 bits per heavy atom. The molecule has 0 N–H and O–H groups in total. The molecule has 6 heteroatoms. The molecule has 2 aliphatic heterocycles. The fourth-order valence-electron chi connectivity index (χ4n) is 17.1. The van der Waals surface area contributed by atoms with Gasteiger partial charge in [0.25, 0.3) is 6.71 Å². The number of hydrogen-bond donors (Lipinski definition) is 0. The minimum atomic E-state index is -0.405. The first-order valence-electron chi connectivity index (χ1n) is 39.5. The molecule has 0 aliphatic carbocycles. The van der Waals surface area contributed by atoms with Crippen LogP contribution in [-0.2, 0) is 27.1 Å². The molecule has 0 atom stereocenters. The molecule has 0 amide bonds. The number of fused-ring (bicyclic) bond motifs is 7. The molecule has 0 bridgehead atoms. The van der Waals surface area contributed by atoms with Gasteiger partial charge in [0.15, 0.2) is 5.69 Å². The molecule has 14 aromatic carbocycles. The van der Waals surface area contributed by atoms with Crippen LogP contribution in [0.1, 0.15) is 137 Å². The zero-order valence-electron chi connectivity index (χ0n) is 67.1. The molecular formula is C106H94BN5. The average Bonchev–Trinajstić information content (AvgIpc) is 0.712. The maximum atomic E-state index is 10.6. The van der Waals surface area contributed by atoms with Gasteiger partial charge in [-0.05, 0) is 212 Å². The van der Waals surface area contributed by atoms with Gasteiger partial charge in [0.05, 0.1) is 40.6 Å². The second-order valence-corrected chi connectivity index (χ2v) is 36.0. The fourth-order valence-corrected chi connectivity index (χ4v) is 17.1. The highest BCUT2D eigenvalue weighted by Crippen LogP contribution is 2.56. The summed E-state index contributed by atoms with van der Waals surface area (Å²) in [7, 11) is 0. The van der Waals surface area contributed by atoms with Crippen LogP contribution in [0.2, 0.25) is 0 Å². The van der Waals surface area contributed by atoms with Crippen molar-refractivity contribution in [3.63, 3.8) is 0 Å². The summed E-state index contributed by atoms with van der Waals surface area (Å²) in [5.41, 5.74) is 34.6. The van der Waals surface area contributed by atoms with Gasteiger partial charge in [-0.1, -0.05) is 316 Å². The number of aromatic nitrogens is 1. The van der Waals surface area contributed by atoms with E-state index in [1.165, 1.54) is 55.0 Å². The van der Waals surface area contributed by atoms with Gasteiger partial charge in [-0.2, -0.15) is 5.26 Å². The largest absolute Gasteiger partial charge is 0.310 e. The molecule has 17 rings (SSSR count). The third-order valence-corrected chi connectivity index (χ3v) is 23.4. The standard InChI is InChI=1S/C106H94BN5/c1-102(2,3)78-45-36-69(37-46-78)87-58-76(73-29-24-26-67(56-73)66-108)59-88(70-38-47-79(48-39-70)103(4,5)6)100(87)111-95-62-75(68-27-18-17-19-28-68)44-54-91(95)107-92-55-53-84(110-93-34-22-20-32-85(93)86-33-21-23-35-94(86)110)65-96(92)112(98-64-82(106(13,14)15)63-97(111)99(98)107)101-89(71-40-49-80(50-41-71)104(7,8)9)60-77(74-30-25-31-83(57-74)109-16)61-90(101)72-42-51-81(52-43-72)105(10,11)12/h17-65H,1-15H3. The van der Waals surface area contributed by atoms with Crippen molar-refractivity contribution in [2.75, 3.05) is 9.80 Å². The molecular weight excluding hydrogens is 1350 g/mol.